The van der Waals surface area contributed by atoms with E-state index >= 15 is 0 Å². The van der Waals surface area contributed by atoms with E-state index in [0.29, 0.717) is 38.0 Å². The van der Waals surface area contributed by atoms with Gasteiger partial charge in [-0.25, -0.2) is 4.79 Å². The topological polar surface area (TPSA) is 89.7 Å². The number of aromatic nitrogens is 2. The molecule has 0 radical (unpaired) electrons. The predicted molar refractivity (Wildman–Crippen MR) is 101 cm³/mol. The van der Waals surface area contributed by atoms with E-state index in [2.05, 4.69) is 40.6 Å². The van der Waals surface area contributed by atoms with Gasteiger partial charge in [0.25, 0.3) is 5.89 Å². The van der Waals surface area contributed by atoms with Gasteiger partial charge in [-0.3, -0.25) is 0 Å². The first-order valence-electron chi connectivity index (χ1n) is 9.75. The molecule has 0 saturated carbocycles. The summed E-state index contributed by atoms with van der Waals surface area (Å²) in [7, 11) is 0. The number of fused-ring (bicyclic) bond motifs is 1. The Kier molecular flexibility index (Phi) is 5.32. The lowest BCUT2D eigenvalue weighted by Gasteiger charge is -2.41. The molecule has 2 amide bonds. The van der Waals surface area contributed by atoms with E-state index in [1.54, 1.807) is 11.8 Å². The van der Waals surface area contributed by atoms with Gasteiger partial charge in [-0.15, -0.1) is 0 Å². The zero-order chi connectivity index (χ0) is 19.6. The Balaban J connectivity index is 1.27. The van der Waals surface area contributed by atoms with Gasteiger partial charge >= 0.3 is 6.03 Å². The lowest BCUT2D eigenvalue weighted by molar-refractivity contribution is -0.0659. The first-order chi connectivity index (χ1) is 13.6. The number of hydrogen-bond donors (Lipinski definition) is 1. The van der Waals surface area contributed by atoms with Gasteiger partial charge in [-0.05, 0) is 30.9 Å². The number of rotatable bonds is 6. The number of carbonyl (C=O) groups is 1. The minimum Gasteiger partial charge on any atom is -0.368 e. The van der Waals surface area contributed by atoms with Crippen LogP contribution >= 0.6 is 0 Å². The molecular formula is C20H26N4O4. The smallest absolute Gasteiger partial charge is 0.317 e. The molecule has 8 nitrogen and oxygen atoms in total. The molecule has 1 aromatic carbocycles. The van der Waals surface area contributed by atoms with E-state index in [1.165, 1.54) is 11.1 Å². The lowest BCUT2D eigenvalue weighted by Crippen LogP contribution is -2.59. The van der Waals surface area contributed by atoms with Crippen molar-refractivity contribution in [1.29, 1.82) is 0 Å². The van der Waals surface area contributed by atoms with Crippen LogP contribution in [0, 0.1) is 6.92 Å². The number of likely N-dealkylation sites (tertiary alicyclic amines) is 1. The van der Waals surface area contributed by atoms with Gasteiger partial charge in [0.2, 0.25) is 0 Å². The summed E-state index contributed by atoms with van der Waals surface area (Å²) in [6.07, 6.45) is 1.71. The Hall–Kier alpha value is -2.45. The van der Waals surface area contributed by atoms with Crippen LogP contribution < -0.4 is 5.32 Å². The van der Waals surface area contributed by atoms with Crippen molar-refractivity contribution in [2.24, 2.45) is 0 Å². The molecule has 150 valence electrons. The van der Waals surface area contributed by atoms with Crippen molar-refractivity contribution in [3.05, 3.63) is 47.1 Å². The first kappa shape index (κ1) is 18.9. The molecule has 2 aliphatic heterocycles. The average molecular weight is 386 g/mol. The van der Waals surface area contributed by atoms with Crippen molar-refractivity contribution in [2.45, 2.75) is 45.0 Å². The number of carbonyl (C=O) groups excluding carboxylic acids is 1. The molecule has 2 aliphatic rings. The Morgan fingerprint density at radius 2 is 2.21 bits per heavy atom. The van der Waals surface area contributed by atoms with Gasteiger partial charge < -0.3 is 24.2 Å². The van der Waals surface area contributed by atoms with Gasteiger partial charge in [-0.1, -0.05) is 36.3 Å². The summed E-state index contributed by atoms with van der Waals surface area (Å²) >= 11 is 0. The molecule has 1 N–H and O–H groups in total. The molecule has 8 heteroatoms. The highest BCUT2D eigenvalue weighted by Gasteiger charge is 2.38. The summed E-state index contributed by atoms with van der Waals surface area (Å²) in [5.41, 5.74) is 2.03. The van der Waals surface area contributed by atoms with E-state index in [4.69, 9.17) is 14.0 Å². The summed E-state index contributed by atoms with van der Waals surface area (Å²) in [5, 5.41) is 6.78. The van der Waals surface area contributed by atoms with Gasteiger partial charge in [0.05, 0.1) is 32.3 Å². The van der Waals surface area contributed by atoms with Crippen LogP contribution in [-0.2, 0) is 28.1 Å². The van der Waals surface area contributed by atoms with E-state index in [-0.39, 0.29) is 18.7 Å². The standard InChI is InChI=1S/C20H26N4O4/c1-3-20(17-7-5-4-6-15(17)8-9-27-20)13-21-19(25)24-10-16(11-24)26-12-18-22-14(2)23-28-18/h4-7,16H,3,8-13H2,1-2H3,(H,21,25)/t20-/m0/s1. The van der Waals surface area contributed by atoms with Crippen LogP contribution in [0.25, 0.3) is 0 Å². The van der Waals surface area contributed by atoms with Crippen molar-refractivity contribution in [2.75, 3.05) is 26.2 Å². The third-order valence-electron chi connectivity index (χ3n) is 5.50. The molecule has 0 bridgehead atoms. The molecule has 1 atom stereocenters. The fraction of sp³-hybridized carbons (Fsp3) is 0.550. The van der Waals surface area contributed by atoms with E-state index in [9.17, 15) is 4.79 Å². The molecule has 1 saturated heterocycles. The molecule has 0 aliphatic carbocycles. The van der Waals surface area contributed by atoms with E-state index in [1.807, 2.05) is 6.07 Å². The van der Waals surface area contributed by atoms with Crippen LogP contribution in [0.1, 0.15) is 36.2 Å². The summed E-state index contributed by atoms with van der Waals surface area (Å²) in [6.45, 7) is 6.37. The third kappa shape index (κ3) is 3.74. The van der Waals surface area contributed by atoms with Gasteiger partial charge in [-0.2, -0.15) is 4.98 Å². The number of urea groups is 1. The van der Waals surface area contributed by atoms with Gasteiger partial charge in [0, 0.05) is 0 Å². The summed E-state index contributed by atoms with van der Waals surface area (Å²) in [5.74, 6) is 1.04. The largest absolute Gasteiger partial charge is 0.368 e. The second kappa shape index (κ2) is 7.89. The average Bonchev–Trinajstić information content (AvgIpc) is 3.10. The molecule has 0 unspecified atom stereocenters. The minimum atomic E-state index is -0.457. The number of nitrogens with one attached hydrogen (secondary N) is 1. The zero-order valence-electron chi connectivity index (χ0n) is 16.3. The predicted octanol–water partition coefficient (Wildman–Crippen LogP) is 2.17. The highest BCUT2D eigenvalue weighted by atomic mass is 16.5. The monoisotopic (exact) mass is 386 g/mol. The second-order valence-electron chi connectivity index (χ2n) is 7.34. The molecule has 2 aromatic rings. The normalized spacial score (nSPS) is 21.9. The van der Waals surface area contributed by atoms with Crippen molar-refractivity contribution < 1.29 is 18.8 Å². The van der Waals surface area contributed by atoms with Crippen molar-refractivity contribution in [3.8, 4) is 0 Å². The molecule has 3 heterocycles. The molecule has 1 fully saturated rings. The SMILES string of the molecule is CC[C@@]1(CNC(=O)N2CC(OCc3nc(C)no3)C2)OCCc2ccccc21. The van der Waals surface area contributed by atoms with Gasteiger partial charge in [0.15, 0.2) is 5.82 Å². The quantitative estimate of drug-likeness (QED) is 0.818. The molecule has 4 rings (SSSR count). The lowest BCUT2D eigenvalue weighted by atomic mass is 9.84. The Bertz CT molecular complexity index is 833. The highest BCUT2D eigenvalue weighted by Crippen LogP contribution is 2.35. The van der Waals surface area contributed by atoms with Crippen LogP contribution in [0.3, 0.4) is 0 Å². The molecule has 1 aromatic heterocycles. The molecule has 28 heavy (non-hydrogen) atoms. The summed E-state index contributed by atoms with van der Waals surface area (Å²) < 4.78 is 16.9. The second-order valence-corrected chi connectivity index (χ2v) is 7.34. The van der Waals surface area contributed by atoms with E-state index < -0.39 is 5.60 Å². The number of aryl methyl sites for hydroxylation is 1. The van der Waals surface area contributed by atoms with Crippen LogP contribution in [0.15, 0.2) is 28.8 Å². The summed E-state index contributed by atoms with van der Waals surface area (Å²) in [4.78, 5) is 18.4. The van der Waals surface area contributed by atoms with Crippen LogP contribution in [0.5, 0.6) is 0 Å². The maximum Gasteiger partial charge on any atom is 0.317 e. The molecular weight excluding hydrogens is 360 g/mol. The Morgan fingerprint density at radius 3 is 2.96 bits per heavy atom. The summed E-state index contributed by atoms with van der Waals surface area (Å²) in [6, 6.07) is 8.25. The number of hydrogen-bond acceptors (Lipinski definition) is 6. The Labute approximate surface area is 164 Å². The van der Waals surface area contributed by atoms with E-state index in [0.717, 1.165) is 12.8 Å². The number of amides is 2. The van der Waals surface area contributed by atoms with Crippen molar-refractivity contribution >= 4 is 6.03 Å². The van der Waals surface area contributed by atoms with Crippen molar-refractivity contribution in [1.82, 2.24) is 20.4 Å². The van der Waals surface area contributed by atoms with Gasteiger partial charge in [0.1, 0.15) is 12.2 Å². The van der Waals surface area contributed by atoms with Crippen molar-refractivity contribution in [3.63, 3.8) is 0 Å². The Morgan fingerprint density at radius 1 is 1.39 bits per heavy atom. The first-order valence-corrected chi connectivity index (χ1v) is 9.75. The number of ether oxygens (including phenoxy) is 2. The zero-order valence-corrected chi connectivity index (χ0v) is 16.3. The highest BCUT2D eigenvalue weighted by molar-refractivity contribution is 5.75. The third-order valence-corrected chi connectivity index (χ3v) is 5.50. The molecule has 0 spiro atoms. The van der Waals surface area contributed by atoms with Crippen LogP contribution in [0.2, 0.25) is 0 Å². The minimum absolute atomic E-state index is 0.00949. The van der Waals surface area contributed by atoms with Crippen LogP contribution in [-0.4, -0.2) is 53.4 Å². The number of nitrogens with zero attached hydrogens (tertiary/aromatic N) is 3. The fourth-order valence-corrected chi connectivity index (χ4v) is 3.81. The number of benzene rings is 1. The maximum absolute atomic E-state index is 12.5. The van der Waals surface area contributed by atoms with Crippen LogP contribution in [0.4, 0.5) is 4.79 Å². The fourth-order valence-electron chi connectivity index (χ4n) is 3.81. The maximum atomic E-state index is 12.5.